The number of para-hydroxylation sites is 1. The molecule has 1 aliphatic heterocycles. The van der Waals surface area contributed by atoms with Gasteiger partial charge in [0.2, 0.25) is 11.8 Å². The number of aromatic nitrogens is 3. The van der Waals surface area contributed by atoms with Crippen molar-refractivity contribution in [3.8, 4) is 0 Å². The first-order valence-corrected chi connectivity index (χ1v) is 12.1. The highest BCUT2D eigenvalue weighted by atomic mass is 35.5. The average molecular weight is 489 g/mol. The van der Waals surface area contributed by atoms with Crippen LogP contribution in [0.3, 0.4) is 0 Å². The van der Waals surface area contributed by atoms with Gasteiger partial charge in [-0.2, -0.15) is 4.98 Å². The first kappa shape index (κ1) is 23.2. The Morgan fingerprint density at radius 1 is 1.30 bits per heavy atom. The standard InChI is InChI=1S/C22H25ClN6O3S/c1-2-9-24-20(31)14-6-5-10-28(11-14)22-27-19-18(33-22)21(32)29(13-25-19)12-17(30)26-16-8-4-3-7-15(16)23/h3-4,7-8,13-14H,2,5-6,9-12H2,1H3,(H,24,31)(H,26,30). The van der Waals surface area contributed by atoms with Crippen LogP contribution in [-0.4, -0.2) is 46.0 Å². The van der Waals surface area contributed by atoms with Gasteiger partial charge in [0.1, 0.15) is 17.6 Å². The zero-order valence-corrected chi connectivity index (χ0v) is 19.8. The average Bonchev–Trinajstić information content (AvgIpc) is 3.26. The zero-order valence-electron chi connectivity index (χ0n) is 18.2. The predicted octanol–water partition coefficient (Wildman–Crippen LogP) is 2.89. The van der Waals surface area contributed by atoms with E-state index in [2.05, 4.69) is 20.6 Å². The molecule has 174 valence electrons. The van der Waals surface area contributed by atoms with Crippen LogP contribution in [0, 0.1) is 5.92 Å². The molecule has 0 aliphatic carbocycles. The number of anilines is 2. The van der Waals surface area contributed by atoms with Crippen LogP contribution in [0.4, 0.5) is 10.8 Å². The van der Waals surface area contributed by atoms with Crippen LogP contribution in [0.1, 0.15) is 26.2 Å². The topological polar surface area (TPSA) is 109 Å². The molecule has 0 radical (unpaired) electrons. The fraction of sp³-hybridized carbons (Fsp3) is 0.409. The minimum atomic E-state index is -0.381. The molecule has 33 heavy (non-hydrogen) atoms. The van der Waals surface area contributed by atoms with Crippen LogP contribution in [0.15, 0.2) is 35.4 Å². The van der Waals surface area contributed by atoms with Gasteiger partial charge in [-0.1, -0.05) is 42.0 Å². The first-order chi connectivity index (χ1) is 16.0. The number of carbonyl (C=O) groups is 2. The van der Waals surface area contributed by atoms with Crippen molar-refractivity contribution >= 4 is 55.9 Å². The lowest BCUT2D eigenvalue weighted by Crippen LogP contribution is -2.43. The Balaban J connectivity index is 1.49. The lowest BCUT2D eigenvalue weighted by atomic mass is 9.97. The number of amides is 2. The van der Waals surface area contributed by atoms with Gasteiger partial charge >= 0.3 is 0 Å². The molecule has 2 N–H and O–H groups in total. The molecule has 9 nitrogen and oxygen atoms in total. The quantitative estimate of drug-likeness (QED) is 0.529. The second kappa shape index (κ2) is 10.3. The Labute approximate surface area is 199 Å². The van der Waals surface area contributed by atoms with Gasteiger partial charge in [-0.05, 0) is 31.4 Å². The van der Waals surface area contributed by atoms with E-state index in [1.54, 1.807) is 24.3 Å². The van der Waals surface area contributed by atoms with Crippen LogP contribution in [0.5, 0.6) is 0 Å². The van der Waals surface area contributed by atoms with E-state index in [9.17, 15) is 14.4 Å². The fourth-order valence-corrected chi connectivity index (χ4v) is 4.93. The van der Waals surface area contributed by atoms with E-state index in [0.29, 0.717) is 39.3 Å². The summed E-state index contributed by atoms with van der Waals surface area (Å²) < 4.78 is 1.64. The number of nitrogens with zero attached hydrogens (tertiary/aromatic N) is 4. The largest absolute Gasteiger partial charge is 0.356 e. The van der Waals surface area contributed by atoms with Crippen LogP contribution >= 0.6 is 22.9 Å². The van der Waals surface area contributed by atoms with Gasteiger partial charge in [0.05, 0.1) is 16.6 Å². The number of carbonyl (C=O) groups excluding carboxylic acids is 2. The summed E-state index contributed by atoms with van der Waals surface area (Å²) in [7, 11) is 0. The number of benzene rings is 1. The molecule has 1 aromatic carbocycles. The number of rotatable bonds is 7. The van der Waals surface area contributed by atoms with Crippen molar-refractivity contribution in [2.75, 3.05) is 29.9 Å². The molecule has 0 saturated carbocycles. The molecule has 3 aromatic rings. The molecule has 0 spiro atoms. The molecule has 1 aliphatic rings. The number of nitrogens with one attached hydrogen (secondary N) is 2. The normalized spacial score (nSPS) is 16.1. The van der Waals surface area contributed by atoms with Gasteiger partial charge in [0.25, 0.3) is 5.56 Å². The van der Waals surface area contributed by atoms with Gasteiger partial charge in [0.15, 0.2) is 10.8 Å². The summed E-state index contributed by atoms with van der Waals surface area (Å²) in [5.41, 5.74) is 0.501. The molecular formula is C22H25ClN6O3S. The van der Waals surface area contributed by atoms with E-state index >= 15 is 0 Å². The lowest BCUT2D eigenvalue weighted by Gasteiger charge is -2.31. The Hall–Kier alpha value is -2.98. The Bertz CT molecular complexity index is 1230. The maximum atomic E-state index is 13.0. The third kappa shape index (κ3) is 5.33. The number of hydrogen-bond donors (Lipinski definition) is 2. The van der Waals surface area contributed by atoms with Crippen molar-refractivity contribution in [1.29, 1.82) is 0 Å². The van der Waals surface area contributed by atoms with E-state index < -0.39 is 0 Å². The zero-order chi connectivity index (χ0) is 23.4. The first-order valence-electron chi connectivity index (χ1n) is 10.9. The number of piperidine rings is 1. The molecule has 0 bridgehead atoms. The summed E-state index contributed by atoms with van der Waals surface area (Å²) in [6.45, 7) is 3.83. The van der Waals surface area contributed by atoms with E-state index in [1.807, 2.05) is 11.8 Å². The minimum absolute atomic E-state index is 0.0627. The second-order valence-corrected chi connectivity index (χ2v) is 9.32. The molecule has 1 saturated heterocycles. The van der Waals surface area contributed by atoms with Gasteiger partial charge in [0, 0.05) is 19.6 Å². The van der Waals surface area contributed by atoms with Crippen molar-refractivity contribution in [2.24, 2.45) is 5.92 Å². The molecule has 4 rings (SSSR count). The molecular weight excluding hydrogens is 464 g/mol. The molecule has 1 unspecified atom stereocenters. The summed E-state index contributed by atoms with van der Waals surface area (Å²) in [5, 5.41) is 6.75. The van der Waals surface area contributed by atoms with Gasteiger partial charge in [-0.25, -0.2) is 4.98 Å². The number of thiazole rings is 1. The summed E-state index contributed by atoms with van der Waals surface area (Å²) in [6.07, 6.45) is 3.94. The number of hydrogen-bond acceptors (Lipinski definition) is 7. The highest BCUT2D eigenvalue weighted by Gasteiger charge is 2.27. The number of halogens is 1. The third-order valence-corrected chi connectivity index (χ3v) is 6.87. The van der Waals surface area contributed by atoms with E-state index in [1.165, 1.54) is 22.2 Å². The van der Waals surface area contributed by atoms with Crippen molar-refractivity contribution in [3.63, 3.8) is 0 Å². The van der Waals surface area contributed by atoms with Crippen molar-refractivity contribution in [3.05, 3.63) is 46.0 Å². The van der Waals surface area contributed by atoms with Gasteiger partial charge in [-0.15, -0.1) is 0 Å². The van der Waals surface area contributed by atoms with Crippen LogP contribution in [0.25, 0.3) is 10.3 Å². The monoisotopic (exact) mass is 488 g/mol. The van der Waals surface area contributed by atoms with E-state index in [4.69, 9.17) is 11.6 Å². The van der Waals surface area contributed by atoms with E-state index in [0.717, 1.165) is 25.8 Å². The molecule has 1 atom stereocenters. The van der Waals surface area contributed by atoms with Crippen molar-refractivity contribution < 1.29 is 9.59 Å². The van der Waals surface area contributed by atoms with Crippen LogP contribution < -0.4 is 21.1 Å². The number of fused-ring (bicyclic) bond motifs is 1. The maximum Gasteiger partial charge on any atom is 0.273 e. The summed E-state index contributed by atoms with van der Waals surface area (Å²) in [6, 6.07) is 6.89. The predicted molar refractivity (Wildman–Crippen MR) is 130 cm³/mol. The van der Waals surface area contributed by atoms with Crippen molar-refractivity contribution in [1.82, 2.24) is 19.9 Å². The summed E-state index contributed by atoms with van der Waals surface area (Å²) in [4.78, 5) is 48.6. The van der Waals surface area contributed by atoms with Crippen LogP contribution in [0.2, 0.25) is 5.02 Å². The highest BCUT2D eigenvalue weighted by molar-refractivity contribution is 7.22. The smallest absolute Gasteiger partial charge is 0.273 e. The Morgan fingerprint density at radius 3 is 2.91 bits per heavy atom. The van der Waals surface area contributed by atoms with E-state index in [-0.39, 0.29) is 29.8 Å². The minimum Gasteiger partial charge on any atom is -0.356 e. The molecule has 2 aromatic heterocycles. The SMILES string of the molecule is CCCNC(=O)C1CCCN(c2nc3ncn(CC(=O)Nc4ccccc4Cl)c(=O)c3s2)C1. The maximum absolute atomic E-state index is 13.0. The molecule has 2 amide bonds. The Kier molecular flexibility index (Phi) is 7.24. The second-order valence-electron chi connectivity index (χ2n) is 7.93. The summed E-state index contributed by atoms with van der Waals surface area (Å²) in [5.74, 6) is -0.420. The van der Waals surface area contributed by atoms with Gasteiger partial charge in [-0.3, -0.25) is 19.0 Å². The molecule has 1 fully saturated rings. The fourth-order valence-electron chi connectivity index (χ4n) is 3.75. The molecule has 3 heterocycles. The lowest BCUT2D eigenvalue weighted by molar-refractivity contribution is -0.125. The third-order valence-electron chi connectivity index (χ3n) is 5.45. The summed E-state index contributed by atoms with van der Waals surface area (Å²) >= 11 is 7.32. The van der Waals surface area contributed by atoms with Crippen LogP contribution in [-0.2, 0) is 16.1 Å². The van der Waals surface area contributed by atoms with Crippen molar-refractivity contribution in [2.45, 2.75) is 32.7 Å². The van der Waals surface area contributed by atoms with Gasteiger partial charge < -0.3 is 15.5 Å². The Morgan fingerprint density at radius 2 is 2.12 bits per heavy atom. The highest BCUT2D eigenvalue weighted by Crippen LogP contribution is 2.29. The molecule has 11 heteroatoms.